The van der Waals surface area contributed by atoms with E-state index in [-0.39, 0.29) is 17.3 Å². The molecule has 2 N–H and O–H groups in total. The van der Waals surface area contributed by atoms with Crippen LogP contribution in [0.4, 0.5) is 5.82 Å². The van der Waals surface area contributed by atoms with E-state index < -0.39 is 5.91 Å². The monoisotopic (exact) mass is 219 g/mol. The Balaban J connectivity index is 2.17. The van der Waals surface area contributed by atoms with Gasteiger partial charge in [0, 0.05) is 12.3 Å². The Morgan fingerprint density at radius 1 is 1.56 bits per heavy atom. The molecule has 2 aromatic heterocycles. The fourth-order valence-corrected chi connectivity index (χ4v) is 1.13. The molecule has 16 heavy (non-hydrogen) atoms. The standard InChI is InChI=1S/C10H9N3O3/c1-6-5-8(16-13-6)10(15)12-9-7(14)3-2-4-11-9/h2-5,14H,1H3,(H,11,12,15). The molecule has 0 saturated heterocycles. The van der Waals surface area contributed by atoms with Gasteiger partial charge >= 0.3 is 0 Å². The van der Waals surface area contributed by atoms with E-state index in [0.29, 0.717) is 5.69 Å². The van der Waals surface area contributed by atoms with E-state index in [1.165, 1.54) is 18.3 Å². The molecule has 0 aliphatic heterocycles. The van der Waals surface area contributed by atoms with Gasteiger partial charge in [-0.1, -0.05) is 5.16 Å². The van der Waals surface area contributed by atoms with Crippen LogP contribution in [0.1, 0.15) is 16.2 Å². The number of aromatic hydroxyl groups is 1. The van der Waals surface area contributed by atoms with Crippen molar-refractivity contribution in [2.75, 3.05) is 5.32 Å². The fourth-order valence-electron chi connectivity index (χ4n) is 1.13. The second-order valence-corrected chi connectivity index (χ2v) is 3.16. The summed E-state index contributed by atoms with van der Waals surface area (Å²) in [5.41, 5.74) is 0.607. The zero-order valence-corrected chi connectivity index (χ0v) is 8.47. The minimum atomic E-state index is -0.505. The maximum Gasteiger partial charge on any atom is 0.295 e. The number of amides is 1. The van der Waals surface area contributed by atoms with Crippen molar-refractivity contribution in [1.29, 1.82) is 0 Å². The maximum atomic E-state index is 11.6. The number of hydrogen-bond donors (Lipinski definition) is 2. The van der Waals surface area contributed by atoms with Crippen LogP contribution in [0.5, 0.6) is 5.75 Å². The van der Waals surface area contributed by atoms with Crippen LogP contribution in [-0.4, -0.2) is 21.2 Å². The van der Waals surface area contributed by atoms with E-state index in [0.717, 1.165) is 0 Å². The highest BCUT2D eigenvalue weighted by atomic mass is 16.5. The molecule has 1 amide bonds. The van der Waals surface area contributed by atoms with E-state index in [9.17, 15) is 9.90 Å². The lowest BCUT2D eigenvalue weighted by molar-refractivity contribution is 0.0987. The van der Waals surface area contributed by atoms with Crippen molar-refractivity contribution < 1.29 is 14.4 Å². The Kier molecular flexibility index (Phi) is 2.55. The van der Waals surface area contributed by atoms with Gasteiger partial charge in [0.05, 0.1) is 5.69 Å². The number of carbonyl (C=O) groups is 1. The summed E-state index contributed by atoms with van der Waals surface area (Å²) in [6.07, 6.45) is 1.46. The molecule has 0 aliphatic rings. The number of aryl methyl sites for hydroxylation is 1. The molecule has 0 atom stereocenters. The normalized spacial score (nSPS) is 10.1. The van der Waals surface area contributed by atoms with Gasteiger partial charge < -0.3 is 14.9 Å². The number of rotatable bonds is 2. The third-order valence-electron chi connectivity index (χ3n) is 1.87. The number of anilines is 1. The third kappa shape index (κ3) is 2.00. The quantitative estimate of drug-likeness (QED) is 0.795. The van der Waals surface area contributed by atoms with E-state index >= 15 is 0 Å². The van der Waals surface area contributed by atoms with Gasteiger partial charge in [-0.2, -0.15) is 0 Å². The van der Waals surface area contributed by atoms with Crippen molar-refractivity contribution in [3.63, 3.8) is 0 Å². The zero-order valence-electron chi connectivity index (χ0n) is 8.47. The van der Waals surface area contributed by atoms with Crippen molar-refractivity contribution in [1.82, 2.24) is 10.1 Å². The molecule has 0 aliphatic carbocycles. The van der Waals surface area contributed by atoms with Gasteiger partial charge in [-0.25, -0.2) is 4.98 Å². The van der Waals surface area contributed by atoms with Gasteiger partial charge in [0.25, 0.3) is 5.91 Å². The number of nitrogens with one attached hydrogen (secondary N) is 1. The second kappa shape index (κ2) is 4.01. The van der Waals surface area contributed by atoms with Gasteiger partial charge in [0.2, 0.25) is 5.76 Å². The summed E-state index contributed by atoms with van der Waals surface area (Å²) in [5.74, 6) is -0.453. The molecule has 0 radical (unpaired) electrons. The SMILES string of the molecule is Cc1cc(C(=O)Nc2ncccc2O)on1. The smallest absolute Gasteiger partial charge is 0.295 e. The van der Waals surface area contributed by atoms with Crippen LogP contribution in [0.25, 0.3) is 0 Å². The van der Waals surface area contributed by atoms with Crippen molar-refractivity contribution in [3.8, 4) is 5.75 Å². The minimum absolute atomic E-state index is 0.0718. The number of pyridine rings is 1. The lowest BCUT2D eigenvalue weighted by Gasteiger charge is -2.02. The highest BCUT2D eigenvalue weighted by molar-refractivity contribution is 6.02. The highest BCUT2D eigenvalue weighted by Crippen LogP contribution is 2.19. The van der Waals surface area contributed by atoms with E-state index in [1.54, 1.807) is 13.0 Å². The molecule has 0 fully saturated rings. The second-order valence-electron chi connectivity index (χ2n) is 3.16. The van der Waals surface area contributed by atoms with Crippen LogP contribution in [0.3, 0.4) is 0 Å². The van der Waals surface area contributed by atoms with Crippen LogP contribution in [0, 0.1) is 6.92 Å². The van der Waals surface area contributed by atoms with E-state index in [4.69, 9.17) is 4.52 Å². The summed E-state index contributed by atoms with van der Waals surface area (Å²) >= 11 is 0. The number of aromatic nitrogens is 2. The van der Waals surface area contributed by atoms with Crippen LogP contribution in [0.2, 0.25) is 0 Å². The van der Waals surface area contributed by atoms with Crippen LogP contribution >= 0.6 is 0 Å². The van der Waals surface area contributed by atoms with Gasteiger partial charge in [-0.05, 0) is 19.1 Å². The molecule has 0 bridgehead atoms. The Bertz CT molecular complexity index is 522. The average molecular weight is 219 g/mol. The predicted octanol–water partition coefficient (Wildman–Crippen LogP) is 1.34. The van der Waals surface area contributed by atoms with Crippen molar-refractivity contribution in [2.45, 2.75) is 6.92 Å². The highest BCUT2D eigenvalue weighted by Gasteiger charge is 2.13. The van der Waals surface area contributed by atoms with Crippen molar-refractivity contribution in [3.05, 3.63) is 35.9 Å². The van der Waals surface area contributed by atoms with E-state index in [2.05, 4.69) is 15.5 Å². The Hall–Kier alpha value is -2.37. The first-order chi connectivity index (χ1) is 7.66. The van der Waals surface area contributed by atoms with E-state index in [1.807, 2.05) is 0 Å². The molecule has 0 spiro atoms. The van der Waals surface area contributed by atoms with Crippen molar-refractivity contribution in [2.24, 2.45) is 0 Å². The molecule has 82 valence electrons. The summed E-state index contributed by atoms with van der Waals surface area (Å²) in [4.78, 5) is 15.4. The first kappa shape index (κ1) is 10.2. The molecule has 0 saturated carbocycles. The van der Waals surface area contributed by atoms with Crippen molar-refractivity contribution >= 4 is 11.7 Å². The van der Waals surface area contributed by atoms with Crippen LogP contribution in [0.15, 0.2) is 28.9 Å². The molecule has 6 nitrogen and oxygen atoms in total. The molecule has 6 heteroatoms. The Morgan fingerprint density at radius 3 is 3.00 bits per heavy atom. The third-order valence-corrected chi connectivity index (χ3v) is 1.87. The number of carbonyl (C=O) groups excluding carboxylic acids is 1. The van der Waals surface area contributed by atoms with Gasteiger partial charge in [0.1, 0.15) is 0 Å². The number of hydrogen-bond acceptors (Lipinski definition) is 5. The summed E-state index contributed by atoms with van der Waals surface area (Å²) in [6, 6.07) is 4.48. The minimum Gasteiger partial charge on any atom is -0.504 e. The molecule has 2 rings (SSSR count). The van der Waals surface area contributed by atoms with Gasteiger partial charge in [-0.3, -0.25) is 4.79 Å². The summed E-state index contributed by atoms with van der Waals surface area (Å²) < 4.78 is 4.77. The molecular weight excluding hydrogens is 210 g/mol. The zero-order chi connectivity index (χ0) is 11.5. The lowest BCUT2D eigenvalue weighted by atomic mass is 10.3. The summed E-state index contributed by atoms with van der Waals surface area (Å²) in [7, 11) is 0. The van der Waals surface area contributed by atoms with Gasteiger partial charge in [-0.15, -0.1) is 0 Å². The molecular formula is C10H9N3O3. The maximum absolute atomic E-state index is 11.6. The fraction of sp³-hybridized carbons (Fsp3) is 0.100. The molecule has 2 aromatic rings. The number of nitrogens with zero attached hydrogens (tertiary/aromatic N) is 2. The first-order valence-corrected chi connectivity index (χ1v) is 4.55. The molecule has 0 unspecified atom stereocenters. The first-order valence-electron chi connectivity index (χ1n) is 4.55. The van der Waals surface area contributed by atoms with Gasteiger partial charge in [0.15, 0.2) is 11.6 Å². The lowest BCUT2D eigenvalue weighted by Crippen LogP contribution is -2.12. The Morgan fingerprint density at radius 2 is 2.38 bits per heavy atom. The molecule has 2 heterocycles. The summed E-state index contributed by atoms with van der Waals surface area (Å²) in [5, 5.41) is 15.4. The predicted molar refractivity (Wildman–Crippen MR) is 55.1 cm³/mol. The van der Waals surface area contributed by atoms with Crippen LogP contribution < -0.4 is 5.32 Å². The van der Waals surface area contributed by atoms with Crippen LogP contribution in [-0.2, 0) is 0 Å². The Labute approximate surface area is 90.9 Å². The largest absolute Gasteiger partial charge is 0.504 e. The molecule has 0 aromatic carbocycles. The average Bonchev–Trinajstić information content (AvgIpc) is 2.68. The topological polar surface area (TPSA) is 88.2 Å². The summed E-state index contributed by atoms with van der Waals surface area (Å²) in [6.45, 7) is 1.71.